The van der Waals surface area contributed by atoms with E-state index in [0.717, 1.165) is 40.9 Å². The lowest BCUT2D eigenvalue weighted by atomic mass is 10.00. The first kappa shape index (κ1) is 28.9. The van der Waals surface area contributed by atoms with Gasteiger partial charge in [0.05, 0.1) is 54.2 Å². The number of hydrogen-bond acceptors (Lipinski definition) is 7. The molecule has 6 rings (SSSR count). The summed E-state index contributed by atoms with van der Waals surface area (Å²) in [7, 11) is 1.28. The molecule has 226 valence electrons. The third-order valence-electron chi connectivity index (χ3n) is 8.20. The third kappa shape index (κ3) is 5.36. The number of hydrogen-bond donors (Lipinski definition) is 3. The number of methoxy groups -OCH3 is 1. The second kappa shape index (κ2) is 11.8. The maximum atomic E-state index is 13.6. The van der Waals surface area contributed by atoms with Crippen LogP contribution in [0.4, 0.5) is 4.79 Å². The quantitative estimate of drug-likeness (QED) is 0.223. The van der Waals surface area contributed by atoms with Gasteiger partial charge in [-0.25, -0.2) is 14.8 Å². The number of benzene rings is 2. The third-order valence-corrected chi connectivity index (χ3v) is 8.20. The summed E-state index contributed by atoms with van der Waals surface area (Å²) in [4.78, 5) is 55.9. The lowest BCUT2D eigenvalue weighted by molar-refractivity contribution is -0.135. The Morgan fingerprint density at radius 2 is 1.82 bits per heavy atom. The number of imidazole rings is 2. The van der Waals surface area contributed by atoms with Crippen LogP contribution in [0.2, 0.25) is 0 Å². The summed E-state index contributed by atoms with van der Waals surface area (Å²) in [6.07, 6.45) is 6.04. The van der Waals surface area contributed by atoms with Crippen LogP contribution in [0.3, 0.4) is 0 Å². The van der Waals surface area contributed by atoms with Crippen molar-refractivity contribution >= 4 is 23.0 Å². The number of aromatic nitrogens is 4. The molecule has 1 unspecified atom stereocenters. The second-order valence-corrected chi connectivity index (χ2v) is 11.3. The van der Waals surface area contributed by atoms with Crippen LogP contribution in [0.1, 0.15) is 44.3 Å². The number of nitrogens with one attached hydrogen (secondary N) is 3. The van der Waals surface area contributed by atoms with Crippen molar-refractivity contribution in [3.63, 3.8) is 0 Å². The molecule has 2 atom stereocenters. The van der Waals surface area contributed by atoms with Gasteiger partial charge in [0.25, 0.3) is 0 Å². The molecule has 2 aromatic carbocycles. The summed E-state index contributed by atoms with van der Waals surface area (Å²) < 4.78 is 10.9. The molecule has 11 nitrogen and oxygen atoms in total. The number of likely N-dealkylation sites (tertiary alicyclic amines) is 1. The van der Waals surface area contributed by atoms with Gasteiger partial charge >= 0.3 is 6.09 Å². The molecule has 1 saturated heterocycles. The van der Waals surface area contributed by atoms with E-state index in [9.17, 15) is 14.4 Å². The van der Waals surface area contributed by atoms with Gasteiger partial charge in [0, 0.05) is 12.1 Å². The Morgan fingerprint density at radius 3 is 2.52 bits per heavy atom. The average Bonchev–Trinajstić information content (AvgIpc) is 3.81. The molecule has 4 heterocycles. The molecular weight excluding hydrogens is 560 g/mol. The first-order valence-corrected chi connectivity index (χ1v) is 14.6. The van der Waals surface area contributed by atoms with Crippen LogP contribution in [0.5, 0.6) is 0 Å². The van der Waals surface area contributed by atoms with Crippen molar-refractivity contribution in [1.29, 1.82) is 0 Å². The van der Waals surface area contributed by atoms with E-state index in [2.05, 4.69) is 25.3 Å². The van der Waals surface area contributed by atoms with Gasteiger partial charge in [-0.05, 0) is 48.9 Å². The topological polar surface area (TPSA) is 146 Å². The monoisotopic (exact) mass is 594 g/mol. The highest BCUT2D eigenvalue weighted by molar-refractivity contribution is 5.87. The van der Waals surface area contributed by atoms with Crippen LogP contribution in [0, 0.1) is 12.8 Å². The zero-order chi connectivity index (χ0) is 31.0. The van der Waals surface area contributed by atoms with Crippen molar-refractivity contribution < 1.29 is 18.7 Å². The molecule has 44 heavy (non-hydrogen) atoms. The fourth-order valence-electron chi connectivity index (χ4n) is 5.88. The highest BCUT2D eigenvalue weighted by Crippen LogP contribution is 2.34. The van der Waals surface area contributed by atoms with Gasteiger partial charge in [-0.2, -0.15) is 0 Å². The molecule has 0 aliphatic carbocycles. The maximum absolute atomic E-state index is 13.6. The zero-order valence-electron chi connectivity index (χ0n) is 25.0. The van der Waals surface area contributed by atoms with Crippen LogP contribution in [0.25, 0.3) is 44.6 Å². The summed E-state index contributed by atoms with van der Waals surface area (Å²) in [6.45, 7) is 6.14. The van der Waals surface area contributed by atoms with Crippen LogP contribution >= 0.6 is 0 Å². The van der Waals surface area contributed by atoms with Gasteiger partial charge in [0.15, 0.2) is 0 Å². The van der Waals surface area contributed by atoms with Gasteiger partial charge in [0.2, 0.25) is 11.3 Å². The fourth-order valence-corrected chi connectivity index (χ4v) is 5.88. The average molecular weight is 595 g/mol. The van der Waals surface area contributed by atoms with E-state index in [0.29, 0.717) is 34.7 Å². The predicted octanol–water partition coefficient (Wildman–Crippen LogP) is 5.59. The van der Waals surface area contributed by atoms with Gasteiger partial charge < -0.3 is 29.3 Å². The number of nitrogens with zero attached hydrogens (tertiary/aromatic N) is 3. The van der Waals surface area contributed by atoms with Crippen molar-refractivity contribution in [3.05, 3.63) is 83.0 Å². The molecule has 0 bridgehead atoms. The molecule has 3 N–H and O–H groups in total. The lowest BCUT2D eigenvalue weighted by Crippen LogP contribution is -2.51. The minimum Gasteiger partial charge on any atom is -0.460 e. The molecule has 0 radical (unpaired) electrons. The molecule has 0 saturated carbocycles. The Balaban J connectivity index is 1.26. The minimum atomic E-state index is -0.705. The van der Waals surface area contributed by atoms with Crippen molar-refractivity contribution in [1.82, 2.24) is 30.2 Å². The van der Waals surface area contributed by atoms with E-state index in [1.165, 1.54) is 7.11 Å². The molecule has 1 fully saturated rings. The van der Waals surface area contributed by atoms with Crippen LogP contribution in [-0.4, -0.2) is 56.5 Å². The SMILES string of the molecule is COC(=O)NC(C(=O)N1CCC[C@H]1c1ncc(-c2ccc3c(=O)c(-c4ccc(-c5cnc[nH]5)cc4)c(C)oc3c2)[nH]1)C(C)C. The highest BCUT2D eigenvalue weighted by atomic mass is 16.5. The fraction of sp³-hybridized carbons (Fsp3) is 0.303. The summed E-state index contributed by atoms with van der Waals surface area (Å²) in [5, 5.41) is 3.16. The van der Waals surface area contributed by atoms with Crippen LogP contribution in [0.15, 0.2) is 70.4 Å². The van der Waals surface area contributed by atoms with E-state index < -0.39 is 12.1 Å². The van der Waals surface area contributed by atoms with E-state index in [4.69, 9.17) is 9.15 Å². The summed E-state index contributed by atoms with van der Waals surface area (Å²) >= 11 is 0. The summed E-state index contributed by atoms with van der Waals surface area (Å²) in [5.41, 5.74) is 5.10. The van der Waals surface area contributed by atoms with E-state index in [-0.39, 0.29) is 23.3 Å². The van der Waals surface area contributed by atoms with E-state index in [1.807, 2.05) is 50.2 Å². The number of fused-ring (bicyclic) bond motifs is 1. The van der Waals surface area contributed by atoms with Gasteiger partial charge in [0.1, 0.15) is 23.2 Å². The van der Waals surface area contributed by atoms with Crippen molar-refractivity contribution in [3.8, 4) is 33.6 Å². The van der Waals surface area contributed by atoms with Crippen LogP contribution in [-0.2, 0) is 9.53 Å². The molecular formula is C33H34N6O5. The standard InChI is InChI=1S/C33H34N6O5/c1-18(2)29(38-33(42)43-4)32(41)39-13-5-6-26(39)31-35-16-25(37-31)22-11-12-23-27(14-22)44-19(3)28(30(23)40)21-9-7-20(8-10-21)24-15-34-17-36-24/h7-12,14-18,26,29H,5-6,13H2,1-4H3,(H,34,36)(H,35,37)(H,38,42)/t26-,29?/m0/s1. The van der Waals surface area contributed by atoms with Gasteiger partial charge in [-0.15, -0.1) is 0 Å². The molecule has 3 aromatic heterocycles. The van der Waals surface area contributed by atoms with E-state index >= 15 is 0 Å². The summed E-state index contributed by atoms with van der Waals surface area (Å²) in [6, 6.07) is 12.2. The van der Waals surface area contributed by atoms with Crippen molar-refractivity contribution in [2.75, 3.05) is 13.7 Å². The Hall–Kier alpha value is -5.19. The van der Waals surface area contributed by atoms with Crippen molar-refractivity contribution in [2.24, 2.45) is 5.92 Å². The number of carbonyl (C=O) groups is 2. The van der Waals surface area contributed by atoms with Gasteiger partial charge in [-0.1, -0.05) is 44.2 Å². The first-order valence-electron chi connectivity index (χ1n) is 14.6. The number of alkyl carbamates (subject to hydrolysis) is 1. The number of H-pyrrole nitrogens is 2. The Bertz CT molecular complexity index is 1870. The van der Waals surface area contributed by atoms with Gasteiger partial charge in [-0.3, -0.25) is 9.59 Å². The number of aromatic amines is 2. The maximum Gasteiger partial charge on any atom is 0.407 e. The number of aryl methyl sites for hydroxylation is 1. The molecule has 5 aromatic rings. The number of ether oxygens (including phenoxy) is 1. The number of rotatable bonds is 7. The predicted molar refractivity (Wildman–Crippen MR) is 166 cm³/mol. The lowest BCUT2D eigenvalue weighted by Gasteiger charge is -2.30. The summed E-state index contributed by atoms with van der Waals surface area (Å²) in [5.74, 6) is 0.908. The molecule has 0 spiro atoms. The normalized spacial score (nSPS) is 15.6. The minimum absolute atomic E-state index is 0.102. The second-order valence-electron chi connectivity index (χ2n) is 11.3. The first-order chi connectivity index (χ1) is 21.2. The number of carbonyl (C=O) groups excluding carboxylic acids is 2. The van der Waals surface area contributed by atoms with E-state index in [1.54, 1.807) is 36.6 Å². The smallest absolute Gasteiger partial charge is 0.407 e. The van der Waals surface area contributed by atoms with Crippen LogP contribution < -0.4 is 10.7 Å². The Labute approximate surface area is 253 Å². The molecule has 11 heteroatoms. The Morgan fingerprint density at radius 1 is 1.07 bits per heavy atom. The van der Waals surface area contributed by atoms with Crippen molar-refractivity contribution in [2.45, 2.75) is 45.7 Å². The largest absolute Gasteiger partial charge is 0.460 e. The zero-order valence-corrected chi connectivity index (χ0v) is 25.0. The Kier molecular flexibility index (Phi) is 7.77. The highest BCUT2D eigenvalue weighted by Gasteiger charge is 2.37. The molecule has 1 aliphatic rings. The number of amides is 2. The molecule has 2 amide bonds. The molecule has 1 aliphatic heterocycles.